The van der Waals surface area contributed by atoms with Gasteiger partial charge in [0, 0.05) is 11.6 Å². The Morgan fingerprint density at radius 1 is 0.676 bits per heavy atom. The van der Waals surface area contributed by atoms with Crippen molar-refractivity contribution >= 4 is 68.4 Å². The van der Waals surface area contributed by atoms with Crippen LogP contribution in [0.15, 0.2) is 109 Å². The van der Waals surface area contributed by atoms with Crippen LogP contribution < -0.4 is 24.0 Å². The number of hydrazone groups is 1. The highest BCUT2D eigenvalue weighted by Crippen LogP contribution is 2.36. The third-order valence-corrected chi connectivity index (χ3v) is 13.2. The highest BCUT2D eigenvalue weighted by Gasteiger charge is 2.34. The second kappa shape index (κ2) is 24.2. The molecule has 0 aliphatic heterocycles. The zero-order valence-corrected chi connectivity index (χ0v) is 39.3. The van der Waals surface area contributed by atoms with Crippen molar-refractivity contribution in [1.29, 1.82) is 0 Å². The third kappa shape index (κ3) is 13.6. The van der Waals surface area contributed by atoms with Gasteiger partial charge in [-0.25, -0.2) is 14.8 Å². The standard InChI is InChI=1S/C53H57N3O11S/c1-4-48(57)64-32-10-6-5-9-31-63-42-25-27-43(28-26-42)65-50(59)37-19-21-38(22-20-37)51(60)66-44-29-30-46(67-52(61)39-17-15-36(16-18-39)49(58)62-3)40(33-44)34-54-56(41-23-13-35(2)14-24-41)53-55-45-11-7-8-12-47(45)68-53/h4,7-8,11-14,23-30,33-34,36-39H,1,5-6,9-10,15-22,31-32H2,2-3H3. The number of aromatic nitrogens is 1. The number of carbonyl (C=O) groups excluding carboxylic acids is 5. The largest absolute Gasteiger partial charge is 0.494 e. The fourth-order valence-electron chi connectivity index (χ4n) is 8.24. The van der Waals surface area contributed by atoms with Crippen LogP contribution in [0.2, 0.25) is 0 Å². The van der Waals surface area contributed by atoms with Crippen LogP contribution in [0.3, 0.4) is 0 Å². The lowest BCUT2D eigenvalue weighted by molar-refractivity contribution is -0.149. The van der Waals surface area contributed by atoms with Crippen molar-refractivity contribution in [3.05, 3.63) is 115 Å². The number of rotatable bonds is 20. The van der Waals surface area contributed by atoms with Crippen LogP contribution in [-0.2, 0) is 33.4 Å². The number of para-hydroxylation sites is 1. The fourth-order valence-corrected chi connectivity index (χ4v) is 9.18. The number of nitrogens with zero attached hydrogens (tertiary/aromatic N) is 3. The van der Waals surface area contributed by atoms with Crippen molar-refractivity contribution < 1.29 is 52.4 Å². The number of fused-ring (bicyclic) bond motifs is 1. The number of ether oxygens (including phenoxy) is 6. The molecule has 68 heavy (non-hydrogen) atoms. The molecule has 14 nitrogen and oxygen atoms in total. The predicted octanol–water partition coefficient (Wildman–Crippen LogP) is 10.6. The molecule has 0 radical (unpaired) electrons. The molecule has 356 valence electrons. The van der Waals surface area contributed by atoms with E-state index in [2.05, 4.69) is 6.58 Å². The fraction of sp³-hybridized carbons (Fsp3) is 0.377. The van der Waals surface area contributed by atoms with Crippen molar-refractivity contribution in [2.75, 3.05) is 25.3 Å². The van der Waals surface area contributed by atoms with Crippen LogP contribution in [0.4, 0.5) is 10.8 Å². The molecule has 1 aromatic heterocycles. The number of methoxy groups -OCH3 is 1. The third-order valence-electron chi connectivity index (χ3n) is 12.2. The Balaban J connectivity index is 0.968. The SMILES string of the molecule is C=CC(=O)OCCCCCCOc1ccc(OC(=O)C2CCC(C(=O)Oc3ccc(OC(=O)C4CCC(C(=O)OC)CC4)c(C=NN(c4ccc(C)cc4)c4nc5ccccc5s4)c3)CC2)cc1. The maximum absolute atomic E-state index is 13.6. The minimum Gasteiger partial charge on any atom is -0.494 e. The smallest absolute Gasteiger partial charge is 0.330 e. The Bertz CT molecular complexity index is 2530. The topological polar surface area (TPSA) is 169 Å². The Kier molecular flexibility index (Phi) is 17.5. The second-order valence-electron chi connectivity index (χ2n) is 17.0. The van der Waals surface area contributed by atoms with Gasteiger partial charge in [-0.3, -0.25) is 19.2 Å². The van der Waals surface area contributed by atoms with Gasteiger partial charge in [-0.2, -0.15) is 5.10 Å². The number of hydrogen-bond acceptors (Lipinski definition) is 15. The molecule has 1 heterocycles. The summed E-state index contributed by atoms with van der Waals surface area (Å²) in [5.41, 5.74) is 3.07. The summed E-state index contributed by atoms with van der Waals surface area (Å²) in [6, 6.07) is 27.5. The van der Waals surface area contributed by atoms with Gasteiger partial charge in [0.05, 0.1) is 66.1 Å². The van der Waals surface area contributed by atoms with Crippen molar-refractivity contribution in [3.63, 3.8) is 0 Å². The van der Waals surface area contributed by atoms with E-state index in [-0.39, 0.29) is 35.3 Å². The molecular formula is C53H57N3O11S. The summed E-state index contributed by atoms with van der Waals surface area (Å²) in [7, 11) is 1.37. The molecule has 4 aromatic carbocycles. The lowest BCUT2D eigenvalue weighted by Gasteiger charge is -2.26. The Morgan fingerprint density at radius 2 is 1.24 bits per heavy atom. The van der Waals surface area contributed by atoms with Gasteiger partial charge in [-0.15, -0.1) is 0 Å². The lowest BCUT2D eigenvalue weighted by Crippen LogP contribution is -2.30. The van der Waals surface area contributed by atoms with Gasteiger partial charge in [0.2, 0.25) is 5.13 Å². The summed E-state index contributed by atoms with van der Waals surface area (Å²) in [6.07, 6.45) is 10.1. The Morgan fingerprint density at radius 3 is 1.85 bits per heavy atom. The van der Waals surface area contributed by atoms with Gasteiger partial charge in [0.1, 0.15) is 23.0 Å². The minimum absolute atomic E-state index is 0.233. The summed E-state index contributed by atoms with van der Waals surface area (Å²) < 4.78 is 34.4. The zero-order valence-electron chi connectivity index (χ0n) is 38.5. The molecule has 15 heteroatoms. The highest BCUT2D eigenvalue weighted by molar-refractivity contribution is 7.22. The van der Waals surface area contributed by atoms with Gasteiger partial charge in [-0.1, -0.05) is 47.7 Å². The number of esters is 5. The van der Waals surface area contributed by atoms with Crippen molar-refractivity contribution in [2.45, 2.75) is 84.0 Å². The molecule has 0 saturated heterocycles. The second-order valence-corrected chi connectivity index (χ2v) is 18.1. The van der Waals surface area contributed by atoms with Crippen LogP contribution in [-0.4, -0.2) is 61.4 Å². The molecule has 2 aliphatic rings. The highest BCUT2D eigenvalue weighted by atomic mass is 32.1. The zero-order chi connectivity index (χ0) is 47.8. The maximum atomic E-state index is 13.6. The first kappa shape index (κ1) is 49.0. The summed E-state index contributed by atoms with van der Waals surface area (Å²) in [5, 5.41) is 7.23. The van der Waals surface area contributed by atoms with Gasteiger partial charge in [0.15, 0.2) is 0 Å². The number of thiazole rings is 1. The average Bonchev–Trinajstić information content (AvgIpc) is 3.80. The lowest BCUT2D eigenvalue weighted by atomic mass is 9.82. The number of anilines is 2. The monoisotopic (exact) mass is 943 g/mol. The van der Waals surface area contributed by atoms with E-state index >= 15 is 0 Å². The van der Waals surface area contributed by atoms with Crippen molar-refractivity contribution in [3.8, 4) is 23.0 Å². The first-order valence-corrected chi connectivity index (χ1v) is 24.0. The van der Waals surface area contributed by atoms with E-state index < -0.39 is 29.7 Å². The van der Waals surface area contributed by atoms with E-state index in [4.69, 9.17) is 38.5 Å². The average molecular weight is 944 g/mol. The molecule has 2 fully saturated rings. The Hall–Kier alpha value is -6.87. The van der Waals surface area contributed by atoms with E-state index in [1.807, 2.05) is 55.5 Å². The molecule has 0 bridgehead atoms. The number of aryl methyl sites for hydroxylation is 1. The van der Waals surface area contributed by atoms with Crippen molar-refractivity contribution in [2.24, 2.45) is 28.8 Å². The van der Waals surface area contributed by atoms with Crippen molar-refractivity contribution in [1.82, 2.24) is 4.98 Å². The molecular weight excluding hydrogens is 887 g/mol. The number of benzene rings is 4. The normalized spacial score (nSPS) is 18.0. The quantitative estimate of drug-likeness (QED) is 0.0181. The summed E-state index contributed by atoms with van der Waals surface area (Å²) in [5.74, 6) is -1.75. The number of hydrogen-bond donors (Lipinski definition) is 0. The van der Waals surface area contributed by atoms with Crippen LogP contribution >= 0.6 is 11.3 Å². The summed E-state index contributed by atoms with van der Waals surface area (Å²) in [4.78, 5) is 68.5. The Labute approximate surface area is 400 Å². The molecule has 7 rings (SSSR count). The molecule has 2 aliphatic carbocycles. The predicted molar refractivity (Wildman–Crippen MR) is 258 cm³/mol. The minimum atomic E-state index is -0.434. The van der Waals surface area contributed by atoms with Crippen LogP contribution in [0.25, 0.3) is 10.2 Å². The molecule has 0 N–H and O–H groups in total. The van der Waals surface area contributed by atoms with E-state index in [0.29, 0.717) is 86.8 Å². The first-order chi connectivity index (χ1) is 33.1. The van der Waals surface area contributed by atoms with Gasteiger partial charge >= 0.3 is 29.8 Å². The van der Waals surface area contributed by atoms with Gasteiger partial charge in [0.25, 0.3) is 0 Å². The van der Waals surface area contributed by atoms with Gasteiger partial charge in [-0.05, 0) is 151 Å². The molecule has 2 saturated carbocycles. The number of carbonyl (C=O) groups is 5. The molecule has 0 unspecified atom stereocenters. The van der Waals surface area contributed by atoms with E-state index in [0.717, 1.165) is 53.2 Å². The van der Waals surface area contributed by atoms with Crippen LogP contribution in [0.1, 0.15) is 88.2 Å². The molecule has 0 spiro atoms. The summed E-state index contributed by atoms with van der Waals surface area (Å²) in [6.45, 7) is 6.30. The molecule has 0 amide bonds. The maximum Gasteiger partial charge on any atom is 0.330 e. The molecule has 0 atom stereocenters. The molecule has 5 aromatic rings. The van der Waals surface area contributed by atoms with E-state index in [1.165, 1.54) is 18.4 Å². The van der Waals surface area contributed by atoms with E-state index in [9.17, 15) is 24.0 Å². The van der Waals surface area contributed by atoms with E-state index in [1.54, 1.807) is 53.7 Å². The summed E-state index contributed by atoms with van der Waals surface area (Å²) >= 11 is 1.48. The van der Waals surface area contributed by atoms with Gasteiger partial charge < -0.3 is 28.4 Å². The number of unbranched alkanes of at least 4 members (excludes halogenated alkanes) is 3. The van der Waals surface area contributed by atoms with Crippen LogP contribution in [0.5, 0.6) is 23.0 Å². The first-order valence-electron chi connectivity index (χ1n) is 23.2. The van der Waals surface area contributed by atoms with Crippen LogP contribution in [0, 0.1) is 30.6 Å².